The highest BCUT2D eigenvalue weighted by Crippen LogP contribution is 2.38. The van der Waals surface area contributed by atoms with Gasteiger partial charge in [-0.25, -0.2) is 9.97 Å². The van der Waals surface area contributed by atoms with Crippen LogP contribution in [0, 0.1) is 6.92 Å². The van der Waals surface area contributed by atoms with E-state index in [1.165, 1.54) is 6.07 Å². The number of thiocarbonyl (C=S) groups is 1. The number of nitrogens with zero attached hydrogens (tertiary/aromatic N) is 4. The monoisotopic (exact) mass is 488 g/mol. The van der Waals surface area contributed by atoms with Gasteiger partial charge in [-0.15, -0.1) is 0 Å². The number of quaternary nitrogens is 1. The smallest absolute Gasteiger partial charge is 0.349 e. The second-order valence-corrected chi connectivity index (χ2v) is 8.83. The lowest BCUT2D eigenvalue weighted by atomic mass is 10.0. The number of aromatic nitrogens is 3. The van der Waals surface area contributed by atoms with Crippen LogP contribution in [-0.4, -0.2) is 52.0 Å². The molecule has 2 aromatic heterocycles. The number of pyridine rings is 1. The summed E-state index contributed by atoms with van der Waals surface area (Å²) in [5, 5.41) is 8.18. The first-order chi connectivity index (χ1) is 16.1. The number of hydrogen-bond donors (Lipinski definition) is 3. The summed E-state index contributed by atoms with van der Waals surface area (Å²) < 4.78 is 39.7. The number of likely N-dealkylation sites (N-methyl/N-ethyl adjacent to an activating group) is 1. The molecule has 7 nitrogen and oxygen atoms in total. The molecule has 0 radical (unpaired) electrons. The van der Waals surface area contributed by atoms with Gasteiger partial charge in [0.15, 0.2) is 0 Å². The van der Waals surface area contributed by atoms with Gasteiger partial charge in [-0.2, -0.15) is 18.2 Å². The Morgan fingerprint density at radius 1 is 1.18 bits per heavy atom. The Morgan fingerprint density at radius 2 is 1.97 bits per heavy atom. The highest BCUT2D eigenvalue weighted by atomic mass is 32.1. The maximum atomic E-state index is 13.2. The van der Waals surface area contributed by atoms with E-state index < -0.39 is 11.7 Å². The Bertz CT molecular complexity index is 1230. The summed E-state index contributed by atoms with van der Waals surface area (Å²) in [6.45, 7) is 3.73. The Hall–Kier alpha value is -3.15. The molecule has 0 atom stereocenters. The van der Waals surface area contributed by atoms with Gasteiger partial charge < -0.3 is 15.5 Å². The second-order valence-electron chi connectivity index (χ2n) is 8.34. The van der Waals surface area contributed by atoms with Crippen molar-refractivity contribution in [1.29, 1.82) is 0 Å². The minimum atomic E-state index is -4.45. The zero-order chi connectivity index (χ0) is 24.5. The van der Waals surface area contributed by atoms with E-state index in [0.717, 1.165) is 48.0 Å². The quantitative estimate of drug-likeness (QED) is 0.457. The van der Waals surface area contributed by atoms with Gasteiger partial charge in [0.05, 0.1) is 34.2 Å². The van der Waals surface area contributed by atoms with Gasteiger partial charge in [0.1, 0.15) is 0 Å². The largest absolute Gasteiger partial charge is 0.416 e. The maximum Gasteiger partial charge on any atom is 0.416 e. The van der Waals surface area contributed by atoms with Gasteiger partial charge in [0.25, 0.3) is 0 Å². The van der Waals surface area contributed by atoms with Crippen molar-refractivity contribution < 1.29 is 18.5 Å². The number of hydrogen-bond acceptors (Lipinski definition) is 6. The first kappa shape index (κ1) is 24.0. The first-order valence-electron chi connectivity index (χ1n) is 10.7. The van der Waals surface area contributed by atoms with Crippen molar-refractivity contribution in [3.63, 3.8) is 0 Å². The Kier molecular flexibility index (Phi) is 6.78. The third-order valence-electron chi connectivity index (χ3n) is 5.38. The average Bonchev–Trinajstić information content (AvgIpc) is 2.89. The zero-order valence-electron chi connectivity index (χ0n) is 19.0. The van der Waals surface area contributed by atoms with Crippen molar-refractivity contribution in [2.24, 2.45) is 0 Å². The predicted octanol–water partition coefficient (Wildman–Crippen LogP) is 3.66. The van der Waals surface area contributed by atoms with E-state index in [9.17, 15) is 13.2 Å². The number of nitrogens with one attached hydrogen (secondary N) is 2. The second kappa shape index (κ2) is 9.61. The van der Waals surface area contributed by atoms with Gasteiger partial charge in [0.2, 0.25) is 11.8 Å². The fourth-order valence-corrected chi connectivity index (χ4v) is 3.91. The van der Waals surface area contributed by atoms with Crippen LogP contribution in [0.5, 0.6) is 0 Å². The molecule has 3 heterocycles. The standard InChI is InChI=1S/C23H24F3N7S/c1-13-17(6-7-19(29-13)27-8-9-33(2)3)31-22-28-12-14-10-20(34)30-18-11-15(23(24,25)26)4-5-16(18)21(14)32-22/h4-7,11-12H,8-10H2,1-3H3,(H,27,29)(H,30,34)(H,28,31,32)/p+1. The first-order valence-corrected chi connectivity index (χ1v) is 11.1. The van der Waals surface area contributed by atoms with Gasteiger partial charge in [-0.05, 0) is 39.2 Å². The maximum absolute atomic E-state index is 13.2. The molecule has 4 N–H and O–H groups in total. The van der Waals surface area contributed by atoms with E-state index >= 15 is 0 Å². The lowest BCUT2D eigenvalue weighted by molar-refractivity contribution is -0.574. The summed E-state index contributed by atoms with van der Waals surface area (Å²) in [7, 11) is 4.05. The summed E-state index contributed by atoms with van der Waals surface area (Å²) in [5.41, 5.74) is 2.87. The number of fused-ring (bicyclic) bond motifs is 3. The van der Waals surface area contributed by atoms with Crippen LogP contribution in [0.15, 0.2) is 36.5 Å². The number of alkyl halides is 3. The van der Waals surface area contributed by atoms with Gasteiger partial charge >= 0.3 is 6.18 Å². The van der Waals surface area contributed by atoms with Gasteiger partial charge in [0, 0.05) is 42.0 Å². The van der Waals surface area contributed by atoms with Crippen molar-refractivity contribution in [3.8, 4) is 11.3 Å². The topological polar surface area (TPSA) is 82.6 Å². The van der Waals surface area contributed by atoms with E-state index in [-0.39, 0.29) is 5.69 Å². The third kappa shape index (κ3) is 5.49. The number of halogens is 3. The van der Waals surface area contributed by atoms with Crippen LogP contribution >= 0.6 is 12.2 Å². The van der Waals surface area contributed by atoms with Crippen LogP contribution in [0.1, 0.15) is 16.8 Å². The summed E-state index contributed by atoms with van der Waals surface area (Å²) in [4.78, 5) is 16.2. The summed E-state index contributed by atoms with van der Waals surface area (Å²) >= 11 is 5.32. The number of aryl methyl sites for hydroxylation is 1. The Labute approximate surface area is 200 Å². The molecule has 1 aliphatic heterocycles. The van der Waals surface area contributed by atoms with Gasteiger partial charge in [-0.1, -0.05) is 18.3 Å². The highest BCUT2D eigenvalue weighted by Gasteiger charge is 2.32. The molecular weight excluding hydrogens is 463 g/mol. The van der Waals surface area contributed by atoms with Crippen LogP contribution in [0.25, 0.3) is 11.3 Å². The van der Waals surface area contributed by atoms with Crippen LogP contribution in [0.3, 0.4) is 0 Å². The Morgan fingerprint density at radius 3 is 2.68 bits per heavy atom. The average molecular weight is 489 g/mol. The van der Waals surface area contributed by atoms with E-state index in [0.29, 0.717) is 28.6 Å². The number of rotatable bonds is 6. The minimum Gasteiger partial charge on any atom is -0.349 e. The van der Waals surface area contributed by atoms with Crippen molar-refractivity contribution in [1.82, 2.24) is 19.9 Å². The molecule has 0 amide bonds. The van der Waals surface area contributed by atoms with Crippen molar-refractivity contribution in [2.45, 2.75) is 19.5 Å². The van der Waals surface area contributed by atoms with Crippen molar-refractivity contribution >= 4 is 40.3 Å². The SMILES string of the molecule is Cc1nc([NH2+]CCN(C)C)ccc1Nc1ncc2c(n1)-c1ccc(C(F)(F)F)cc1NC(=S)C2. The number of anilines is 3. The zero-order valence-corrected chi connectivity index (χ0v) is 19.8. The molecule has 11 heteroatoms. The lowest BCUT2D eigenvalue weighted by Crippen LogP contribution is -2.80. The Balaban J connectivity index is 1.61. The van der Waals surface area contributed by atoms with Gasteiger partial charge in [-0.3, -0.25) is 5.32 Å². The predicted molar refractivity (Wildman–Crippen MR) is 130 cm³/mol. The molecule has 1 aromatic carbocycles. The summed E-state index contributed by atoms with van der Waals surface area (Å²) in [6, 6.07) is 7.36. The number of benzene rings is 1. The molecular formula is C23H25F3N7S+. The fourth-order valence-electron chi connectivity index (χ4n) is 3.64. The molecule has 0 fully saturated rings. The van der Waals surface area contributed by atoms with Crippen LogP contribution in [0.4, 0.5) is 36.3 Å². The molecule has 4 rings (SSSR count). The molecule has 178 valence electrons. The van der Waals surface area contributed by atoms with E-state index in [1.54, 1.807) is 6.20 Å². The molecule has 3 aromatic rings. The summed E-state index contributed by atoms with van der Waals surface area (Å²) in [5.74, 6) is 1.22. The van der Waals surface area contributed by atoms with Crippen LogP contribution in [-0.2, 0) is 12.6 Å². The van der Waals surface area contributed by atoms with Crippen LogP contribution < -0.4 is 16.0 Å². The fraction of sp³-hybridized carbons (Fsp3) is 0.304. The summed E-state index contributed by atoms with van der Waals surface area (Å²) in [6.07, 6.45) is -2.47. The van der Waals surface area contributed by atoms with Crippen LogP contribution in [0.2, 0.25) is 0 Å². The third-order valence-corrected chi connectivity index (χ3v) is 5.62. The molecule has 0 bridgehead atoms. The molecule has 0 aliphatic carbocycles. The molecule has 0 spiro atoms. The molecule has 34 heavy (non-hydrogen) atoms. The lowest BCUT2D eigenvalue weighted by Gasteiger charge is -2.14. The van der Waals surface area contributed by atoms with E-state index in [4.69, 9.17) is 12.2 Å². The van der Waals surface area contributed by atoms with Crippen molar-refractivity contribution in [2.75, 3.05) is 37.8 Å². The minimum absolute atomic E-state index is 0.277. The highest BCUT2D eigenvalue weighted by molar-refractivity contribution is 7.80. The molecule has 0 saturated heterocycles. The van der Waals surface area contributed by atoms with Crippen molar-refractivity contribution in [3.05, 3.63) is 53.3 Å². The normalized spacial score (nSPS) is 13.2. The number of nitrogens with two attached hydrogens (primary N) is 1. The molecule has 0 unspecified atom stereocenters. The van der Waals surface area contributed by atoms with E-state index in [2.05, 4.69) is 35.8 Å². The van der Waals surface area contributed by atoms with E-state index in [1.807, 2.05) is 33.2 Å². The molecule has 1 aliphatic rings. The molecule has 0 saturated carbocycles.